The molecule has 0 aliphatic rings. The highest BCUT2D eigenvalue weighted by molar-refractivity contribution is 9.10. The van der Waals surface area contributed by atoms with E-state index in [1.807, 2.05) is 25.1 Å². The number of rotatable bonds is 7. The van der Waals surface area contributed by atoms with E-state index in [1.54, 1.807) is 18.2 Å². The zero-order chi connectivity index (χ0) is 18.6. The summed E-state index contributed by atoms with van der Waals surface area (Å²) in [6.45, 7) is 2.49. The Kier molecular flexibility index (Phi) is 5.73. The summed E-state index contributed by atoms with van der Waals surface area (Å²) in [7, 11) is -3.81. The Balaban J connectivity index is 1.98. The number of halogens is 1. The van der Waals surface area contributed by atoms with Gasteiger partial charge in [0, 0.05) is 4.47 Å². The van der Waals surface area contributed by atoms with Crippen molar-refractivity contribution in [2.75, 3.05) is 11.3 Å². The molecule has 0 spiro atoms. The van der Waals surface area contributed by atoms with Gasteiger partial charge in [0.2, 0.25) is 5.82 Å². The van der Waals surface area contributed by atoms with Crippen LogP contribution < -0.4 is 9.46 Å². The molecule has 0 saturated carbocycles. The topological polar surface area (TPSA) is 81.2 Å². The highest BCUT2D eigenvalue weighted by Crippen LogP contribution is 2.26. The number of benzene rings is 2. The predicted molar refractivity (Wildman–Crippen MR) is 105 cm³/mol. The van der Waals surface area contributed by atoms with Crippen LogP contribution in [0.25, 0.3) is 11.0 Å². The number of anilines is 1. The van der Waals surface area contributed by atoms with Crippen LogP contribution in [-0.4, -0.2) is 25.0 Å². The number of ether oxygens (including phenoxy) is 1. The molecule has 0 saturated heterocycles. The summed E-state index contributed by atoms with van der Waals surface area (Å²) in [5.41, 5.74) is 1.23. The Morgan fingerprint density at radius 1 is 1.04 bits per heavy atom. The second-order valence-electron chi connectivity index (χ2n) is 5.63. The maximum atomic E-state index is 12.7. The number of hydrogen-bond donors (Lipinski definition) is 1. The zero-order valence-electron chi connectivity index (χ0n) is 14.1. The minimum absolute atomic E-state index is 0.0859. The Hall–Kier alpha value is -2.19. The normalized spacial score (nSPS) is 11.5. The highest BCUT2D eigenvalue weighted by Gasteiger charge is 2.19. The van der Waals surface area contributed by atoms with Crippen molar-refractivity contribution < 1.29 is 13.2 Å². The number of sulfonamides is 1. The van der Waals surface area contributed by atoms with Crippen LogP contribution in [0.1, 0.15) is 19.8 Å². The van der Waals surface area contributed by atoms with Gasteiger partial charge in [-0.15, -0.1) is 0 Å². The van der Waals surface area contributed by atoms with Gasteiger partial charge in [-0.25, -0.2) is 18.4 Å². The molecule has 0 atom stereocenters. The average molecular weight is 436 g/mol. The van der Waals surface area contributed by atoms with Crippen LogP contribution in [0.4, 0.5) is 5.82 Å². The maximum absolute atomic E-state index is 12.7. The molecular formula is C18H18BrN3O3S. The summed E-state index contributed by atoms with van der Waals surface area (Å²) in [4.78, 5) is 8.95. The van der Waals surface area contributed by atoms with Gasteiger partial charge in [0.05, 0.1) is 22.5 Å². The lowest BCUT2D eigenvalue weighted by Crippen LogP contribution is -2.16. The third-order valence-corrected chi connectivity index (χ3v) is 5.51. The SMILES string of the molecule is CCCCOc1nc2ccccc2nc1NS(=O)(=O)c1ccc(Br)cc1. The Morgan fingerprint density at radius 2 is 1.69 bits per heavy atom. The largest absolute Gasteiger partial charge is 0.475 e. The minimum atomic E-state index is -3.81. The van der Waals surface area contributed by atoms with Gasteiger partial charge in [0.1, 0.15) is 0 Å². The van der Waals surface area contributed by atoms with E-state index < -0.39 is 10.0 Å². The first-order valence-electron chi connectivity index (χ1n) is 8.17. The molecule has 26 heavy (non-hydrogen) atoms. The van der Waals surface area contributed by atoms with E-state index in [0.29, 0.717) is 17.6 Å². The molecule has 0 fully saturated rings. The van der Waals surface area contributed by atoms with Gasteiger partial charge in [-0.05, 0) is 42.8 Å². The molecule has 1 heterocycles. The van der Waals surface area contributed by atoms with Crippen molar-refractivity contribution >= 4 is 42.8 Å². The summed E-state index contributed by atoms with van der Waals surface area (Å²) in [5.74, 6) is 0.264. The van der Waals surface area contributed by atoms with Crippen LogP contribution in [0.15, 0.2) is 57.9 Å². The fraction of sp³-hybridized carbons (Fsp3) is 0.222. The average Bonchev–Trinajstić information content (AvgIpc) is 2.62. The number of unbranched alkanes of at least 4 members (excludes halogenated alkanes) is 1. The van der Waals surface area contributed by atoms with Gasteiger partial charge in [0.25, 0.3) is 15.9 Å². The third kappa shape index (κ3) is 4.31. The molecule has 0 amide bonds. The van der Waals surface area contributed by atoms with E-state index in [1.165, 1.54) is 12.1 Å². The molecule has 8 heteroatoms. The van der Waals surface area contributed by atoms with Crippen molar-refractivity contribution in [3.8, 4) is 5.88 Å². The van der Waals surface area contributed by atoms with E-state index in [2.05, 4.69) is 30.6 Å². The number of aromatic nitrogens is 2. The second kappa shape index (κ2) is 8.01. The number of nitrogens with one attached hydrogen (secondary N) is 1. The molecule has 136 valence electrons. The van der Waals surface area contributed by atoms with Gasteiger partial charge in [-0.3, -0.25) is 4.72 Å². The molecule has 6 nitrogen and oxygen atoms in total. The van der Waals surface area contributed by atoms with E-state index in [-0.39, 0.29) is 16.6 Å². The molecule has 0 aliphatic carbocycles. The van der Waals surface area contributed by atoms with E-state index >= 15 is 0 Å². The second-order valence-corrected chi connectivity index (χ2v) is 8.23. The monoisotopic (exact) mass is 435 g/mol. The molecule has 0 unspecified atom stereocenters. The standard InChI is InChI=1S/C18H18BrN3O3S/c1-2-3-12-25-18-17(20-15-6-4-5-7-16(15)21-18)22-26(23,24)14-10-8-13(19)9-11-14/h4-11H,2-3,12H2,1H3,(H,20,22). The van der Waals surface area contributed by atoms with E-state index in [0.717, 1.165) is 17.3 Å². The Morgan fingerprint density at radius 3 is 2.35 bits per heavy atom. The van der Waals surface area contributed by atoms with Crippen molar-refractivity contribution in [2.24, 2.45) is 0 Å². The van der Waals surface area contributed by atoms with Crippen LogP contribution in [0, 0.1) is 0 Å². The minimum Gasteiger partial charge on any atom is -0.475 e. The molecule has 2 aromatic carbocycles. The molecule has 1 N–H and O–H groups in total. The van der Waals surface area contributed by atoms with Gasteiger partial charge >= 0.3 is 0 Å². The highest BCUT2D eigenvalue weighted by atomic mass is 79.9. The van der Waals surface area contributed by atoms with Crippen LogP contribution in [0.3, 0.4) is 0 Å². The molecule has 0 aliphatic heterocycles. The smallest absolute Gasteiger partial charge is 0.263 e. The van der Waals surface area contributed by atoms with Crippen LogP contribution >= 0.6 is 15.9 Å². The first-order chi connectivity index (χ1) is 12.5. The van der Waals surface area contributed by atoms with Crippen molar-refractivity contribution in [3.63, 3.8) is 0 Å². The van der Waals surface area contributed by atoms with Crippen molar-refractivity contribution in [2.45, 2.75) is 24.7 Å². The molecule has 0 radical (unpaired) electrons. The summed E-state index contributed by atoms with van der Waals surface area (Å²) < 4.78 is 34.3. The van der Waals surface area contributed by atoms with E-state index in [9.17, 15) is 8.42 Å². The lowest BCUT2D eigenvalue weighted by Gasteiger charge is -2.13. The van der Waals surface area contributed by atoms with Gasteiger partial charge in [-0.2, -0.15) is 0 Å². The fourth-order valence-corrected chi connectivity index (χ4v) is 3.53. The number of hydrogen-bond acceptors (Lipinski definition) is 5. The summed E-state index contributed by atoms with van der Waals surface area (Å²) >= 11 is 3.30. The van der Waals surface area contributed by atoms with Crippen LogP contribution in [-0.2, 0) is 10.0 Å². The lowest BCUT2D eigenvalue weighted by molar-refractivity contribution is 0.299. The molecular weight excluding hydrogens is 418 g/mol. The number of nitrogens with zero attached hydrogens (tertiary/aromatic N) is 2. The van der Waals surface area contributed by atoms with Crippen molar-refractivity contribution in [1.82, 2.24) is 9.97 Å². The Labute approximate surface area is 160 Å². The summed E-state index contributed by atoms with van der Waals surface area (Å²) in [6, 6.07) is 13.6. The van der Waals surface area contributed by atoms with Gasteiger partial charge in [0.15, 0.2) is 0 Å². The predicted octanol–water partition coefficient (Wildman–Crippen LogP) is 4.37. The number of fused-ring (bicyclic) bond motifs is 1. The zero-order valence-corrected chi connectivity index (χ0v) is 16.5. The maximum Gasteiger partial charge on any atom is 0.263 e. The first-order valence-corrected chi connectivity index (χ1v) is 10.4. The molecule has 0 bridgehead atoms. The molecule has 3 rings (SSSR count). The quantitative estimate of drug-likeness (QED) is 0.557. The Bertz CT molecular complexity index is 1010. The fourth-order valence-electron chi connectivity index (χ4n) is 2.26. The third-order valence-electron chi connectivity index (χ3n) is 3.63. The van der Waals surface area contributed by atoms with Crippen LogP contribution in [0.2, 0.25) is 0 Å². The van der Waals surface area contributed by atoms with Crippen molar-refractivity contribution in [1.29, 1.82) is 0 Å². The summed E-state index contributed by atoms with van der Waals surface area (Å²) in [6.07, 6.45) is 1.80. The van der Waals surface area contributed by atoms with Crippen molar-refractivity contribution in [3.05, 3.63) is 53.0 Å². The van der Waals surface area contributed by atoms with E-state index in [4.69, 9.17) is 4.74 Å². The first kappa shape index (κ1) is 18.6. The summed E-state index contributed by atoms with van der Waals surface area (Å²) in [5, 5.41) is 0. The van der Waals surface area contributed by atoms with Gasteiger partial charge < -0.3 is 4.74 Å². The van der Waals surface area contributed by atoms with Crippen LogP contribution in [0.5, 0.6) is 5.88 Å². The number of para-hydroxylation sites is 2. The molecule has 3 aromatic rings. The van der Waals surface area contributed by atoms with Gasteiger partial charge in [-0.1, -0.05) is 41.4 Å². The molecule has 1 aromatic heterocycles. The lowest BCUT2D eigenvalue weighted by atomic mass is 10.3.